The number of hydrogen-bond acceptors (Lipinski definition) is 2. The second-order valence-electron chi connectivity index (χ2n) is 6.62. The Morgan fingerprint density at radius 1 is 0.577 bits per heavy atom. The van der Waals surface area contributed by atoms with E-state index in [1.165, 1.54) is 41.8 Å². The Hall–Kier alpha value is -2.16. The molecule has 2 heteroatoms. The van der Waals surface area contributed by atoms with Crippen molar-refractivity contribution >= 4 is 22.7 Å². The zero-order chi connectivity index (χ0) is 17.9. The molecule has 0 unspecified atom stereocenters. The minimum Gasteiger partial charge on any atom is -0.140 e. The molecule has 0 bridgehead atoms. The third-order valence-electron chi connectivity index (χ3n) is 4.82. The van der Waals surface area contributed by atoms with Crippen LogP contribution in [0.2, 0.25) is 0 Å². The van der Waals surface area contributed by atoms with E-state index in [9.17, 15) is 0 Å². The molecule has 2 heterocycles. The predicted octanol–water partition coefficient (Wildman–Crippen LogP) is 7.55. The van der Waals surface area contributed by atoms with Crippen LogP contribution < -0.4 is 0 Å². The summed E-state index contributed by atoms with van der Waals surface area (Å²) in [6.45, 7) is 4.50. The van der Waals surface area contributed by atoms with Crippen LogP contribution in [0.3, 0.4) is 0 Å². The number of rotatable bonds is 5. The van der Waals surface area contributed by atoms with Gasteiger partial charge in [0.15, 0.2) is 0 Å². The van der Waals surface area contributed by atoms with Crippen molar-refractivity contribution in [2.24, 2.45) is 0 Å². The lowest BCUT2D eigenvalue weighted by molar-refractivity contribution is 0.956. The molecule has 2 aromatic carbocycles. The summed E-state index contributed by atoms with van der Waals surface area (Å²) in [5.74, 6) is 0. The quantitative estimate of drug-likeness (QED) is 0.338. The van der Waals surface area contributed by atoms with Crippen molar-refractivity contribution in [2.75, 3.05) is 0 Å². The Morgan fingerprint density at radius 3 is 1.35 bits per heavy atom. The summed E-state index contributed by atoms with van der Waals surface area (Å²) >= 11 is 3.82. The van der Waals surface area contributed by atoms with Crippen LogP contribution >= 0.6 is 22.7 Å². The van der Waals surface area contributed by atoms with Crippen molar-refractivity contribution in [2.45, 2.75) is 26.7 Å². The van der Waals surface area contributed by atoms with Gasteiger partial charge in [0, 0.05) is 19.5 Å². The van der Waals surface area contributed by atoms with E-state index in [-0.39, 0.29) is 0 Å². The molecule has 0 nitrogen and oxygen atoms in total. The van der Waals surface area contributed by atoms with Gasteiger partial charge < -0.3 is 0 Å². The van der Waals surface area contributed by atoms with Crippen LogP contribution in [0.25, 0.3) is 20.9 Å². The maximum Gasteiger partial charge on any atom is 0.0348 e. The molecule has 0 aliphatic carbocycles. The highest BCUT2D eigenvalue weighted by Crippen LogP contribution is 2.34. The molecule has 0 saturated carbocycles. The first-order chi connectivity index (χ1) is 12.7. The molecule has 0 saturated heterocycles. The summed E-state index contributed by atoms with van der Waals surface area (Å²) in [7, 11) is 0. The molecule has 4 aromatic rings. The molecule has 0 aliphatic rings. The van der Waals surface area contributed by atoms with E-state index < -0.39 is 0 Å². The molecule has 130 valence electrons. The Balaban J connectivity index is 1.51. The molecule has 0 atom stereocenters. The first-order valence-corrected chi connectivity index (χ1v) is 10.6. The number of aryl methyl sites for hydroxylation is 4. The van der Waals surface area contributed by atoms with E-state index in [1.54, 1.807) is 0 Å². The molecular weight excluding hydrogens is 352 g/mol. The molecule has 0 spiro atoms. The summed E-state index contributed by atoms with van der Waals surface area (Å²) in [5.41, 5.74) is 5.62. The highest BCUT2D eigenvalue weighted by molar-refractivity contribution is 7.16. The standard InChI is InChI=1S/C24H22S2/c1-17-21(15-23(25-17)19-9-5-3-6-10-19)13-14-22-16-24(26-18(22)2)20-11-7-4-8-12-20/h3-12,15-16H,13-14H2,1-2H3. The molecule has 2 aromatic heterocycles. The van der Waals surface area contributed by atoms with Crippen molar-refractivity contribution in [1.29, 1.82) is 0 Å². The predicted molar refractivity (Wildman–Crippen MR) is 116 cm³/mol. The van der Waals surface area contributed by atoms with E-state index in [2.05, 4.69) is 86.6 Å². The van der Waals surface area contributed by atoms with Gasteiger partial charge in [-0.05, 0) is 61.1 Å². The highest BCUT2D eigenvalue weighted by Gasteiger charge is 2.11. The number of thiophene rings is 2. The van der Waals surface area contributed by atoms with Gasteiger partial charge in [-0.1, -0.05) is 60.7 Å². The SMILES string of the molecule is Cc1sc(-c2ccccc2)cc1CCc1cc(-c2ccccc2)sc1C. The molecule has 0 radical (unpaired) electrons. The first kappa shape index (κ1) is 17.3. The van der Waals surface area contributed by atoms with Crippen LogP contribution in [-0.4, -0.2) is 0 Å². The topological polar surface area (TPSA) is 0 Å². The number of hydrogen-bond donors (Lipinski definition) is 0. The van der Waals surface area contributed by atoms with Crippen molar-refractivity contribution in [3.8, 4) is 20.9 Å². The van der Waals surface area contributed by atoms with Crippen LogP contribution in [0.4, 0.5) is 0 Å². The fourth-order valence-electron chi connectivity index (χ4n) is 3.29. The molecule has 26 heavy (non-hydrogen) atoms. The lowest BCUT2D eigenvalue weighted by Crippen LogP contribution is -1.91. The largest absolute Gasteiger partial charge is 0.140 e. The van der Waals surface area contributed by atoms with Gasteiger partial charge in [0.05, 0.1) is 0 Å². The maximum atomic E-state index is 2.38. The average Bonchev–Trinajstić information content (AvgIpc) is 3.24. The summed E-state index contributed by atoms with van der Waals surface area (Å²) in [5, 5.41) is 0. The van der Waals surface area contributed by atoms with Gasteiger partial charge in [0.1, 0.15) is 0 Å². The van der Waals surface area contributed by atoms with Crippen LogP contribution in [0.15, 0.2) is 72.8 Å². The lowest BCUT2D eigenvalue weighted by atomic mass is 10.0. The van der Waals surface area contributed by atoms with E-state index >= 15 is 0 Å². The van der Waals surface area contributed by atoms with Crippen LogP contribution in [0.1, 0.15) is 20.9 Å². The molecule has 0 amide bonds. The molecule has 4 rings (SSSR count). The Kier molecular flexibility index (Phi) is 5.05. The Bertz CT molecular complexity index is 908. The lowest BCUT2D eigenvalue weighted by Gasteiger charge is -2.00. The average molecular weight is 375 g/mol. The zero-order valence-corrected chi connectivity index (χ0v) is 16.8. The van der Waals surface area contributed by atoms with Gasteiger partial charge in [-0.3, -0.25) is 0 Å². The molecule has 0 aliphatic heterocycles. The fraction of sp³-hybridized carbons (Fsp3) is 0.167. The van der Waals surface area contributed by atoms with Crippen molar-refractivity contribution < 1.29 is 0 Å². The van der Waals surface area contributed by atoms with Crippen molar-refractivity contribution in [3.63, 3.8) is 0 Å². The first-order valence-electron chi connectivity index (χ1n) is 9.00. The van der Waals surface area contributed by atoms with Gasteiger partial charge in [0.2, 0.25) is 0 Å². The van der Waals surface area contributed by atoms with Crippen LogP contribution in [0.5, 0.6) is 0 Å². The highest BCUT2D eigenvalue weighted by atomic mass is 32.1. The fourth-order valence-corrected chi connectivity index (χ4v) is 5.45. The van der Waals surface area contributed by atoms with Crippen molar-refractivity contribution in [3.05, 3.63) is 93.7 Å². The monoisotopic (exact) mass is 374 g/mol. The summed E-state index contributed by atoms with van der Waals surface area (Å²) < 4.78 is 0. The van der Waals surface area contributed by atoms with Gasteiger partial charge in [-0.15, -0.1) is 22.7 Å². The normalized spacial score (nSPS) is 11.0. The maximum absolute atomic E-state index is 2.38. The third kappa shape index (κ3) is 3.67. The van der Waals surface area contributed by atoms with Crippen LogP contribution in [0, 0.1) is 13.8 Å². The Labute approximate surface area is 163 Å². The number of benzene rings is 2. The van der Waals surface area contributed by atoms with E-state index in [1.807, 2.05) is 22.7 Å². The van der Waals surface area contributed by atoms with E-state index in [4.69, 9.17) is 0 Å². The van der Waals surface area contributed by atoms with Crippen LogP contribution in [-0.2, 0) is 12.8 Å². The second kappa shape index (κ2) is 7.61. The summed E-state index contributed by atoms with van der Waals surface area (Å²) in [4.78, 5) is 5.65. The van der Waals surface area contributed by atoms with Gasteiger partial charge >= 0.3 is 0 Å². The summed E-state index contributed by atoms with van der Waals surface area (Å²) in [6.07, 6.45) is 2.22. The zero-order valence-electron chi connectivity index (χ0n) is 15.2. The summed E-state index contributed by atoms with van der Waals surface area (Å²) in [6, 6.07) is 26.2. The minimum atomic E-state index is 1.11. The third-order valence-corrected chi connectivity index (χ3v) is 7.11. The van der Waals surface area contributed by atoms with Gasteiger partial charge in [-0.2, -0.15) is 0 Å². The molecular formula is C24H22S2. The van der Waals surface area contributed by atoms with Gasteiger partial charge in [-0.25, -0.2) is 0 Å². The second-order valence-corrected chi connectivity index (χ2v) is 9.13. The van der Waals surface area contributed by atoms with Gasteiger partial charge in [0.25, 0.3) is 0 Å². The molecule has 0 N–H and O–H groups in total. The smallest absolute Gasteiger partial charge is 0.0348 e. The molecule has 0 fully saturated rings. The minimum absolute atomic E-state index is 1.11. The van der Waals surface area contributed by atoms with Crippen molar-refractivity contribution in [1.82, 2.24) is 0 Å². The Morgan fingerprint density at radius 2 is 0.962 bits per heavy atom. The van der Waals surface area contributed by atoms with E-state index in [0.717, 1.165) is 12.8 Å². The van der Waals surface area contributed by atoms with E-state index in [0.29, 0.717) is 0 Å².